The van der Waals surface area contributed by atoms with E-state index in [1.807, 2.05) is 0 Å². The molecule has 2 aromatic rings. The van der Waals surface area contributed by atoms with Crippen LogP contribution in [0.5, 0.6) is 0 Å². The average Bonchev–Trinajstić information content (AvgIpc) is 3.14. The SMILES string of the molecule is CC(=O)C[C@@H](CNS(=O)(=O)c1cccs1)Nc1ccc(C(C)(O)C(F)(F)F)cc1. The highest BCUT2D eigenvalue weighted by Gasteiger charge is 2.51. The lowest BCUT2D eigenvalue weighted by Crippen LogP contribution is -2.39. The molecule has 1 aromatic heterocycles. The first-order valence-corrected chi connectivity index (χ1v) is 10.9. The van der Waals surface area contributed by atoms with Crippen molar-refractivity contribution in [2.75, 3.05) is 11.9 Å². The van der Waals surface area contributed by atoms with Crippen molar-refractivity contribution in [3.05, 3.63) is 47.3 Å². The van der Waals surface area contributed by atoms with Gasteiger partial charge in [0.1, 0.15) is 9.99 Å². The Labute approximate surface area is 170 Å². The number of hydrogen-bond donors (Lipinski definition) is 3. The van der Waals surface area contributed by atoms with Crippen LogP contribution in [-0.4, -0.2) is 38.1 Å². The number of thiophene rings is 1. The zero-order valence-corrected chi connectivity index (χ0v) is 17.3. The van der Waals surface area contributed by atoms with Crippen LogP contribution >= 0.6 is 11.3 Å². The van der Waals surface area contributed by atoms with Gasteiger partial charge in [0.2, 0.25) is 10.0 Å². The van der Waals surface area contributed by atoms with Gasteiger partial charge in [-0.2, -0.15) is 13.2 Å². The Balaban J connectivity index is 2.11. The second kappa shape index (κ2) is 8.82. The molecule has 29 heavy (non-hydrogen) atoms. The first kappa shape index (κ1) is 23.3. The average molecular weight is 451 g/mol. The summed E-state index contributed by atoms with van der Waals surface area (Å²) in [6.07, 6.45) is -4.83. The number of Topliss-reactive ketones (excluding diaryl/α,β-unsaturated/α-hetero) is 1. The Hall–Kier alpha value is -1.95. The second-order valence-corrected chi connectivity index (χ2v) is 9.62. The first-order chi connectivity index (χ1) is 13.3. The fraction of sp³-hybridized carbons (Fsp3) is 0.389. The highest BCUT2D eigenvalue weighted by Crippen LogP contribution is 2.38. The molecule has 0 saturated heterocycles. The van der Waals surface area contributed by atoms with E-state index >= 15 is 0 Å². The molecule has 0 aliphatic heterocycles. The van der Waals surface area contributed by atoms with Crippen molar-refractivity contribution < 1.29 is 31.5 Å². The maximum Gasteiger partial charge on any atom is 0.421 e. The minimum atomic E-state index is -4.83. The lowest BCUT2D eigenvalue weighted by atomic mass is 9.95. The monoisotopic (exact) mass is 450 g/mol. The molecular weight excluding hydrogens is 429 g/mol. The van der Waals surface area contributed by atoms with E-state index in [4.69, 9.17) is 0 Å². The van der Waals surface area contributed by atoms with Crippen molar-refractivity contribution in [1.29, 1.82) is 0 Å². The fourth-order valence-electron chi connectivity index (χ4n) is 2.51. The van der Waals surface area contributed by atoms with Gasteiger partial charge in [0, 0.05) is 24.7 Å². The minimum absolute atomic E-state index is 0.00891. The van der Waals surface area contributed by atoms with Gasteiger partial charge in [0.15, 0.2) is 5.60 Å². The van der Waals surface area contributed by atoms with Crippen molar-refractivity contribution in [1.82, 2.24) is 4.72 Å². The van der Waals surface area contributed by atoms with Gasteiger partial charge in [-0.1, -0.05) is 18.2 Å². The summed E-state index contributed by atoms with van der Waals surface area (Å²) in [5.74, 6) is -0.186. The van der Waals surface area contributed by atoms with Crippen LogP contribution in [0.1, 0.15) is 25.8 Å². The number of carbonyl (C=O) groups excluding carboxylic acids is 1. The van der Waals surface area contributed by atoms with Gasteiger partial charge >= 0.3 is 6.18 Å². The van der Waals surface area contributed by atoms with Crippen LogP contribution in [-0.2, 0) is 20.4 Å². The summed E-state index contributed by atoms with van der Waals surface area (Å²) in [5, 5.41) is 14.3. The van der Waals surface area contributed by atoms with E-state index in [2.05, 4.69) is 10.0 Å². The number of sulfonamides is 1. The maximum atomic E-state index is 12.9. The second-order valence-electron chi connectivity index (χ2n) is 6.68. The molecule has 160 valence electrons. The van der Waals surface area contributed by atoms with Gasteiger partial charge in [-0.15, -0.1) is 11.3 Å². The van der Waals surface area contributed by atoms with E-state index in [1.165, 1.54) is 25.1 Å². The molecule has 0 aliphatic rings. The number of nitrogens with one attached hydrogen (secondary N) is 2. The summed E-state index contributed by atoms with van der Waals surface area (Å²) in [6.45, 7) is 1.92. The van der Waals surface area contributed by atoms with Gasteiger partial charge in [0.25, 0.3) is 0 Å². The lowest BCUT2D eigenvalue weighted by molar-refractivity contribution is -0.258. The number of benzene rings is 1. The van der Waals surface area contributed by atoms with Crippen LogP contribution in [0.4, 0.5) is 18.9 Å². The Kier molecular flexibility index (Phi) is 7.10. The molecule has 0 aliphatic carbocycles. The van der Waals surface area contributed by atoms with Gasteiger partial charge in [-0.05, 0) is 43.0 Å². The summed E-state index contributed by atoms with van der Waals surface area (Å²) in [6, 6.07) is 7.34. The quantitative estimate of drug-likeness (QED) is 0.545. The zero-order chi connectivity index (χ0) is 21.9. The summed E-state index contributed by atoms with van der Waals surface area (Å²) in [7, 11) is -3.72. The Morgan fingerprint density at radius 3 is 2.31 bits per heavy atom. The Morgan fingerprint density at radius 2 is 1.83 bits per heavy atom. The Morgan fingerprint density at radius 1 is 1.21 bits per heavy atom. The summed E-state index contributed by atoms with van der Waals surface area (Å²) < 4.78 is 65.8. The lowest BCUT2D eigenvalue weighted by Gasteiger charge is -2.27. The molecule has 6 nitrogen and oxygen atoms in total. The summed E-state index contributed by atoms with van der Waals surface area (Å²) in [5.41, 5.74) is -2.95. The predicted molar refractivity (Wildman–Crippen MR) is 104 cm³/mol. The van der Waals surface area contributed by atoms with Crippen molar-refractivity contribution >= 4 is 32.8 Å². The van der Waals surface area contributed by atoms with Crippen molar-refractivity contribution in [3.8, 4) is 0 Å². The number of rotatable bonds is 9. The molecular formula is C18H21F3N2O4S2. The highest BCUT2D eigenvalue weighted by atomic mass is 32.2. The standard InChI is InChI=1S/C18H21F3N2O4S2/c1-12(24)10-15(11-22-29(26,27)16-4-3-9-28-16)23-14-7-5-13(6-8-14)17(2,25)18(19,20)21/h3-9,15,22-23,25H,10-11H2,1-2H3/t15-,17?/m0/s1. The molecule has 2 atom stereocenters. The van der Waals surface area contributed by atoms with Gasteiger partial charge in [-0.25, -0.2) is 13.1 Å². The van der Waals surface area contributed by atoms with E-state index in [1.54, 1.807) is 11.4 Å². The maximum absolute atomic E-state index is 12.9. The van der Waals surface area contributed by atoms with Crippen molar-refractivity contribution in [2.24, 2.45) is 0 Å². The predicted octanol–water partition coefficient (Wildman–Crippen LogP) is 3.26. The van der Waals surface area contributed by atoms with E-state index in [0.717, 1.165) is 23.5 Å². The Bertz CT molecular complexity index is 925. The summed E-state index contributed by atoms with van der Waals surface area (Å²) in [4.78, 5) is 11.5. The molecule has 1 unspecified atom stereocenters. The molecule has 0 saturated carbocycles. The van der Waals surface area contributed by atoms with Crippen molar-refractivity contribution in [3.63, 3.8) is 0 Å². The third-order valence-corrected chi connectivity index (χ3v) is 7.00. The zero-order valence-electron chi connectivity index (χ0n) is 15.7. The molecule has 0 spiro atoms. The van der Waals surface area contributed by atoms with Crippen LogP contribution in [0, 0.1) is 0 Å². The molecule has 11 heteroatoms. The fourth-order valence-corrected chi connectivity index (χ4v) is 4.63. The molecule has 2 rings (SSSR count). The molecule has 0 fully saturated rings. The van der Waals surface area contributed by atoms with E-state index in [-0.39, 0.29) is 28.5 Å². The van der Waals surface area contributed by atoms with Crippen LogP contribution in [0.25, 0.3) is 0 Å². The summed E-state index contributed by atoms with van der Waals surface area (Å²) >= 11 is 1.05. The van der Waals surface area contributed by atoms with Gasteiger partial charge in [0.05, 0.1) is 0 Å². The van der Waals surface area contributed by atoms with Crippen LogP contribution < -0.4 is 10.0 Å². The minimum Gasteiger partial charge on any atom is -0.381 e. The largest absolute Gasteiger partial charge is 0.421 e. The number of ketones is 1. The number of alkyl halides is 3. The number of hydrogen-bond acceptors (Lipinski definition) is 6. The molecule has 1 aromatic carbocycles. The number of aliphatic hydroxyl groups is 1. The van der Waals surface area contributed by atoms with Crippen LogP contribution in [0.2, 0.25) is 0 Å². The third-order valence-electron chi connectivity index (χ3n) is 4.18. The number of anilines is 1. The molecule has 0 radical (unpaired) electrons. The van der Waals surface area contributed by atoms with E-state index < -0.39 is 27.8 Å². The van der Waals surface area contributed by atoms with E-state index in [0.29, 0.717) is 12.6 Å². The first-order valence-electron chi connectivity index (χ1n) is 8.52. The number of halogens is 3. The molecule has 0 bridgehead atoms. The topological polar surface area (TPSA) is 95.5 Å². The van der Waals surface area contributed by atoms with E-state index in [9.17, 15) is 31.5 Å². The smallest absolute Gasteiger partial charge is 0.381 e. The van der Waals surface area contributed by atoms with Gasteiger partial charge < -0.3 is 10.4 Å². The molecule has 1 heterocycles. The normalized spacial score (nSPS) is 15.5. The van der Waals surface area contributed by atoms with Crippen molar-refractivity contribution in [2.45, 2.75) is 42.3 Å². The van der Waals surface area contributed by atoms with Gasteiger partial charge in [-0.3, -0.25) is 4.79 Å². The van der Waals surface area contributed by atoms with Crippen LogP contribution in [0.3, 0.4) is 0 Å². The highest BCUT2D eigenvalue weighted by molar-refractivity contribution is 7.91. The molecule has 0 amide bonds. The molecule has 3 N–H and O–H groups in total. The number of carbonyl (C=O) groups is 1. The third kappa shape index (κ3) is 6.01. The van der Waals surface area contributed by atoms with Crippen LogP contribution in [0.15, 0.2) is 46.0 Å².